The van der Waals surface area contributed by atoms with E-state index in [-0.39, 0.29) is 0 Å². The van der Waals surface area contributed by atoms with Crippen LogP contribution in [0.3, 0.4) is 0 Å². The highest BCUT2D eigenvalue weighted by Gasteiger charge is 2.37. The predicted octanol–water partition coefficient (Wildman–Crippen LogP) is 3.70. The van der Waals surface area contributed by atoms with Crippen LogP contribution in [0.25, 0.3) is 11.0 Å². The van der Waals surface area contributed by atoms with Crippen LogP contribution < -0.4 is 9.80 Å². The second-order valence-electron chi connectivity index (χ2n) is 10.6. The molecule has 3 saturated heterocycles. The van der Waals surface area contributed by atoms with Gasteiger partial charge in [0, 0.05) is 69.1 Å². The highest BCUT2D eigenvalue weighted by atomic mass is 15.3. The van der Waals surface area contributed by atoms with Gasteiger partial charge in [-0.05, 0) is 75.6 Å². The van der Waals surface area contributed by atoms with Crippen LogP contribution in [0, 0.1) is 12.8 Å². The van der Waals surface area contributed by atoms with Gasteiger partial charge in [0.15, 0.2) is 0 Å². The van der Waals surface area contributed by atoms with Gasteiger partial charge in [0.2, 0.25) is 0 Å². The van der Waals surface area contributed by atoms with Gasteiger partial charge >= 0.3 is 0 Å². The molecule has 0 radical (unpaired) electrons. The maximum absolute atomic E-state index is 5.16. The second kappa shape index (κ2) is 9.23. The zero-order chi connectivity index (χ0) is 23.1. The Morgan fingerprint density at radius 3 is 2.50 bits per heavy atom. The number of benzene rings is 1. The van der Waals surface area contributed by atoms with Crippen LogP contribution in [-0.4, -0.2) is 84.8 Å². The number of aryl methyl sites for hydroxylation is 1. The fourth-order valence-corrected chi connectivity index (χ4v) is 6.40. The van der Waals surface area contributed by atoms with Gasteiger partial charge in [0.05, 0.1) is 0 Å². The summed E-state index contributed by atoms with van der Waals surface area (Å²) in [6.45, 7) is 12.2. The Labute approximate surface area is 203 Å². The van der Waals surface area contributed by atoms with Gasteiger partial charge in [0.25, 0.3) is 0 Å². The fourth-order valence-electron chi connectivity index (χ4n) is 6.40. The van der Waals surface area contributed by atoms with E-state index in [0.717, 1.165) is 62.7 Å². The van der Waals surface area contributed by atoms with Gasteiger partial charge in [-0.15, -0.1) is 0 Å². The van der Waals surface area contributed by atoms with Crippen molar-refractivity contribution in [2.75, 3.05) is 69.2 Å². The molecule has 34 heavy (non-hydrogen) atoms. The number of para-hydroxylation sites is 1. The molecule has 2 atom stereocenters. The fraction of sp³-hybridized carbons (Fsp3) is 0.536. The van der Waals surface area contributed by atoms with Crippen molar-refractivity contribution < 1.29 is 0 Å². The average molecular weight is 459 g/mol. The molecule has 3 aliphatic heterocycles. The third-order valence-electron chi connectivity index (χ3n) is 8.47. The number of aromatic nitrogens is 2. The summed E-state index contributed by atoms with van der Waals surface area (Å²) in [6.07, 6.45) is 4.98. The summed E-state index contributed by atoms with van der Waals surface area (Å²) < 4.78 is 2.38. The molecule has 180 valence electrons. The number of likely N-dealkylation sites (tertiary alicyclic amines) is 2. The summed E-state index contributed by atoms with van der Waals surface area (Å²) in [7, 11) is 2.28. The first-order chi connectivity index (χ1) is 16.7. The lowest BCUT2D eigenvalue weighted by Gasteiger charge is -2.37. The third-order valence-corrected chi connectivity index (χ3v) is 8.47. The molecule has 3 aliphatic rings. The molecule has 2 aromatic heterocycles. The van der Waals surface area contributed by atoms with Crippen molar-refractivity contribution in [2.24, 2.45) is 5.92 Å². The van der Waals surface area contributed by atoms with Crippen LogP contribution in [0.1, 0.15) is 18.4 Å². The molecule has 1 aromatic carbocycles. The Bertz CT molecular complexity index is 1130. The Morgan fingerprint density at radius 2 is 1.65 bits per heavy atom. The Kier molecular flexibility index (Phi) is 5.95. The van der Waals surface area contributed by atoms with Crippen LogP contribution in [0.15, 0.2) is 48.7 Å². The molecule has 6 rings (SSSR count). The lowest BCUT2D eigenvalue weighted by atomic mass is 9.92. The molecule has 5 heterocycles. The summed E-state index contributed by atoms with van der Waals surface area (Å²) >= 11 is 0. The quantitative estimate of drug-likeness (QED) is 0.582. The van der Waals surface area contributed by atoms with Gasteiger partial charge < -0.3 is 19.3 Å². The van der Waals surface area contributed by atoms with Crippen LogP contribution in [0.4, 0.5) is 11.5 Å². The zero-order valence-corrected chi connectivity index (χ0v) is 20.7. The first kappa shape index (κ1) is 21.9. The minimum absolute atomic E-state index is 0.744. The van der Waals surface area contributed by atoms with Crippen molar-refractivity contribution >= 4 is 22.5 Å². The maximum Gasteiger partial charge on any atom is 0.142 e. The van der Waals surface area contributed by atoms with Gasteiger partial charge in [0.1, 0.15) is 11.5 Å². The number of hydrogen-bond donors (Lipinski definition) is 0. The molecule has 0 N–H and O–H groups in total. The van der Waals surface area contributed by atoms with Crippen LogP contribution >= 0.6 is 0 Å². The number of hydrogen-bond acceptors (Lipinski definition) is 5. The molecule has 2 unspecified atom stereocenters. The lowest BCUT2D eigenvalue weighted by molar-refractivity contribution is 0.120. The number of fused-ring (bicyclic) bond motifs is 2. The normalized spacial score (nSPS) is 24.2. The molecule has 0 aliphatic carbocycles. The lowest BCUT2D eigenvalue weighted by Crippen LogP contribution is -2.47. The Morgan fingerprint density at radius 1 is 0.853 bits per heavy atom. The summed E-state index contributed by atoms with van der Waals surface area (Å²) in [5, 5.41) is 1.25. The van der Waals surface area contributed by atoms with Crippen LogP contribution in [0.2, 0.25) is 0 Å². The van der Waals surface area contributed by atoms with Crippen molar-refractivity contribution in [1.82, 2.24) is 19.4 Å². The minimum atomic E-state index is 0.744. The molecule has 0 spiro atoms. The summed E-state index contributed by atoms with van der Waals surface area (Å²) in [5.74, 6) is 2.02. The Balaban J connectivity index is 1.12. The van der Waals surface area contributed by atoms with Crippen molar-refractivity contribution in [3.05, 3.63) is 54.2 Å². The maximum atomic E-state index is 5.16. The Hall–Kier alpha value is -2.57. The SMILES string of the molecule is Cc1ccccc1N1CCN(c2ccc3ccn(CCN4CCC5CCN(C)CC54)c3n2)CC1. The average Bonchev–Trinajstić information content (AvgIpc) is 3.46. The van der Waals surface area contributed by atoms with E-state index in [1.165, 1.54) is 49.1 Å². The summed E-state index contributed by atoms with van der Waals surface area (Å²) in [6, 6.07) is 16.2. The van der Waals surface area contributed by atoms with E-state index in [9.17, 15) is 0 Å². The standard InChI is InChI=1S/C28H38N6/c1-22-5-3-4-6-25(22)32-15-18-33(19-16-32)27-8-7-24-11-14-34(28(24)29-27)20-17-31-13-10-23-9-12-30(2)21-26(23)31/h3-8,11,14,23,26H,9-10,12-13,15-21H2,1-2H3. The van der Waals surface area contributed by atoms with E-state index in [4.69, 9.17) is 4.98 Å². The number of piperidine rings is 1. The molecule has 0 amide bonds. The summed E-state index contributed by atoms with van der Waals surface area (Å²) in [4.78, 5) is 15.4. The van der Waals surface area contributed by atoms with E-state index < -0.39 is 0 Å². The van der Waals surface area contributed by atoms with Crippen molar-refractivity contribution in [3.8, 4) is 0 Å². The number of pyridine rings is 1. The number of nitrogens with zero attached hydrogens (tertiary/aromatic N) is 6. The van der Waals surface area contributed by atoms with E-state index in [1.807, 2.05) is 0 Å². The number of piperazine rings is 1. The molecule has 0 bridgehead atoms. The van der Waals surface area contributed by atoms with Crippen molar-refractivity contribution in [3.63, 3.8) is 0 Å². The van der Waals surface area contributed by atoms with E-state index >= 15 is 0 Å². The molecule has 6 heteroatoms. The minimum Gasteiger partial charge on any atom is -0.368 e. The van der Waals surface area contributed by atoms with Crippen LogP contribution in [0.5, 0.6) is 0 Å². The van der Waals surface area contributed by atoms with Gasteiger partial charge in [-0.1, -0.05) is 18.2 Å². The third kappa shape index (κ3) is 4.18. The smallest absolute Gasteiger partial charge is 0.142 e. The molecule has 6 nitrogen and oxygen atoms in total. The highest BCUT2D eigenvalue weighted by Crippen LogP contribution is 2.31. The predicted molar refractivity (Wildman–Crippen MR) is 141 cm³/mol. The largest absolute Gasteiger partial charge is 0.368 e. The first-order valence-corrected chi connectivity index (χ1v) is 13.1. The number of rotatable bonds is 5. The van der Waals surface area contributed by atoms with E-state index in [1.54, 1.807) is 0 Å². The first-order valence-electron chi connectivity index (χ1n) is 13.1. The van der Waals surface area contributed by atoms with E-state index in [0.29, 0.717) is 0 Å². The molecular formula is C28H38N6. The van der Waals surface area contributed by atoms with Gasteiger partial charge in [-0.3, -0.25) is 4.90 Å². The summed E-state index contributed by atoms with van der Waals surface area (Å²) in [5.41, 5.74) is 3.86. The molecule has 3 aromatic rings. The zero-order valence-electron chi connectivity index (χ0n) is 20.7. The number of likely N-dealkylation sites (N-methyl/N-ethyl adjacent to an activating group) is 1. The molecule has 3 fully saturated rings. The number of anilines is 2. The van der Waals surface area contributed by atoms with Crippen molar-refractivity contribution in [1.29, 1.82) is 0 Å². The van der Waals surface area contributed by atoms with Gasteiger partial charge in [-0.2, -0.15) is 0 Å². The van der Waals surface area contributed by atoms with Gasteiger partial charge in [-0.25, -0.2) is 4.98 Å². The van der Waals surface area contributed by atoms with Crippen LogP contribution in [-0.2, 0) is 6.54 Å². The molecule has 0 saturated carbocycles. The monoisotopic (exact) mass is 458 g/mol. The molecular weight excluding hydrogens is 420 g/mol. The second-order valence-corrected chi connectivity index (χ2v) is 10.6. The topological polar surface area (TPSA) is 30.8 Å². The highest BCUT2D eigenvalue weighted by molar-refractivity contribution is 5.78. The van der Waals surface area contributed by atoms with Crippen molar-refractivity contribution in [2.45, 2.75) is 32.4 Å². The van der Waals surface area contributed by atoms with E-state index in [2.05, 4.69) is 86.8 Å².